The fourth-order valence-corrected chi connectivity index (χ4v) is 2.84. The van der Waals surface area contributed by atoms with Crippen molar-refractivity contribution in [2.24, 2.45) is 5.92 Å². The third-order valence-corrected chi connectivity index (χ3v) is 4.09. The molecule has 0 radical (unpaired) electrons. The predicted octanol–water partition coefficient (Wildman–Crippen LogP) is 3.49. The van der Waals surface area contributed by atoms with Gasteiger partial charge < -0.3 is 10.1 Å². The van der Waals surface area contributed by atoms with Crippen LogP contribution < -0.4 is 10.1 Å². The van der Waals surface area contributed by atoms with Crippen molar-refractivity contribution >= 4 is 5.91 Å². The third kappa shape index (κ3) is 5.83. The number of benzene rings is 1. The van der Waals surface area contributed by atoms with Crippen molar-refractivity contribution < 1.29 is 9.53 Å². The van der Waals surface area contributed by atoms with Crippen LogP contribution in [0.1, 0.15) is 37.7 Å². The highest BCUT2D eigenvalue weighted by Crippen LogP contribution is 2.23. The zero-order chi connectivity index (χ0) is 16.3. The lowest BCUT2D eigenvalue weighted by molar-refractivity contribution is -0.125. The summed E-state index contributed by atoms with van der Waals surface area (Å²) in [6.07, 6.45) is 8.26. The summed E-state index contributed by atoms with van der Waals surface area (Å²) < 4.78 is 5.68. The van der Waals surface area contributed by atoms with Crippen LogP contribution in [-0.2, 0) is 11.2 Å². The van der Waals surface area contributed by atoms with Crippen molar-refractivity contribution in [3.8, 4) is 17.6 Å². The summed E-state index contributed by atoms with van der Waals surface area (Å²) in [7, 11) is 0. The molecule has 3 heteroatoms. The van der Waals surface area contributed by atoms with Crippen LogP contribution in [0.3, 0.4) is 0 Å². The van der Waals surface area contributed by atoms with Gasteiger partial charge in [-0.15, -0.1) is 6.58 Å². The highest BCUT2D eigenvalue weighted by molar-refractivity contribution is 5.78. The smallest absolute Gasteiger partial charge is 0.223 e. The van der Waals surface area contributed by atoms with Gasteiger partial charge in [-0.1, -0.05) is 55.4 Å². The van der Waals surface area contributed by atoms with Gasteiger partial charge >= 0.3 is 0 Å². The van der Waals surface area contributed by atoms with Crippen molar-refractivity contribution in [2.45, 2.75) is 38.5 Å². The van der Waals surface area contributed by atoms with E-state index in [2.05, 4.69) is 23.7 Å². The molecule has 1 aliphatic rings. The highest BCUT2D eigenvalue weighted by Gasteiger charge is 2.19. The fraction of sp³-hybridized carbons (Fsp3) is 0.450. The Morgan fingerprint density at radius 1 is 1.26 bits per heavy atom. The molecule has 1 saturated carbocycles. The Bertz CT molecular complexity index is 577. The maximum atomic E-state index is 11.9. The maximum Gasteiger partial charge on any atom is 0.223 e. The van der Waals surface area contributed by atoms with E-state index < -0.39 is 0 Å². The van der Waals surface area contributed by atoms with Gasteiger partial charge in [-0.05, 0) is 30.9 Å². The van der Waals surface area contributed by atoms with Gasteiger partial charge in [0.25, 0.3) is 0 Å². The number of allylic oxidation sites excluding steroid dienone is 1. The van der Waals surface area contributed by atoms with Gasteiger partial charge in [0.1, 0.15) is 12.4 Å². The molecule has 0 unspecified atom stereocenters. The standard InChI is InChI=1S/C20H25NO2/c1-2-10-17-11-6-7-14-19(17)23-16-9-8-15-21-20(22)18-12-4-3-5-13-18/h2,6-7,11,14,18H,1,3-5,10,12-13,15-16H2,(H,21,22). The second kappa shape index (κ2) is 9.74. The molecule has 1 N–H and O–H groups in total. The van der Waals surface area contributed by atoms with E-state index in [4.69, 9.17) is 4.74 Å². The lowest BCUT2D eigenvalue weighted by Gasteiger charge is -2.19. The first-order valence-corrected chi connectivity index (χ1v) is 8.36. The van der Waals surface area contributed by atoms with E-state index in [1.165, 1.54) is 19.3 Å². The molecule has 0 aliphatic heterocycles. The molecule has 1 amide bonds. The molecule has 1 aliphatic carbocycles. The average Bonchev–Trinajstić information content (AvgIpc) is 2.60. The van der Waals surface area contributed by atoms with Gasteiger partial charge in [0.2, 0.25) is 5.91 Å². The summed E-state index contributed by atoms with van der Waals surface area (Å²) in [5.41, 5.74) is 1.11. The van der Waals surface area contributed by atoms with E-state index in [9.17, 15) is 4.79 Å². The number of ether oxygens (including phenoxy) is 1. The van der Waals surface area contributed by atoms with Crippen LogP contribution in [-0.4, -0.2) is 19.1 Å². The van der Waals surface area contributed by atoms with Gasteiger partial charge in [0.15, 0.2) is 0 Å². The number of hydrogen-bond donors (Lipinski definition) is 1. The second-order valence-corrected chi connectivity index (χ2v) is 5.80. The van der Waals surface area contributed by atoms with Gasteiger partial charge in [-0.25, -0.2) is 0 Å². The van der Waals surface area contributed by atoms with Crippen LogP contribution >= 0.6 is 0 Å². The molecule has 0 aromatic heterocycles. The summed E-state index contributed by atoms with van der Waals surface area (Å²) in [5, 5.41) is 2.90. The summed E-state index contributed by atoms with van der Waals surface area (Å²) in [4.78, 5) is 11.9. The first-order chi connectivity index (χ1) is 11.3. The third-order valence-electron chi connectivity index (χ3n) is 4.09. The van der Waals surface area contributed by atoms with Crippen LogP contribution in [0.25, 0.3) is 0 Å². The predicted molar refractivity (Wildman–Crippen MR) is 93.2 cm³/mol. The molecule has 1 aromatic rings. The summed E-state index contributed by atoms with van der Waals surface area (Å²) in [6.45, 7) is 4.47. The maximum absolute atomic E-state index is 11.9. The van der Waals surface area contributed by atoms with Gasteiger partial charge in [-0.2, -0.15) is 0 Å². The summed E-state index contributed by atoms with van der Waals surface area (Å²) in [5.74, 6) is 7.08. The van der Waals surface area contributed by atoms with Gasteiger partial charge in [-0.3, -0.25) is 4.79 Å². The minimum absolute atomic E-state index is 0.149. The largest absolute Gasteiger partial charge is 0.481 e. The van der Waals surface area contributed by atoms with Crippen molar-refractivity contribution in [1.82, 2.24) is 5.32 Å². The lowest BCUT2D eigenvalue weighted by atomic mass is 9.89. The van der Waals surface area contributed by atoms with Crippen LogP contribution in [0.15, 0.2) is 36.9 Å². The zero-order valence-corrected chi connectivity index (χ0v) is 13.6. The van der Waals surface area contributed by atoms with E-state index in [0.29, 0.717) is 13.2 Å². The minimum atomic E-state index is 0.149. The number of nitrogens with one attached hydrogen (secondary N) is 1. The number of amides is 1. The van der Waals surface area contributed by atoms with E-state index in [0.717, 1.165) is 30.6 Å². The van der Waals surface area contributed by atoms with Crippen LogP contribution in [0, 0.1) is 17.8 Å². The van der Waals surface area contributed by atoms with Crippen molar-refractivity contribution in [1.29, 1.82) is 0 Å². The number of para-hydroxylation sites is 1. The minimum Gasteiger partial charge on any atom is -0.481 e. The number of hydrogen-bond acceptors (Lipinski definition) is 2. The molecule has 0 bridgehead atoms. The SMILES string of the molecule is C=CCc1ccccc1OCC#CCNC(=O)C1CCCCC1. The van der Waals surface area contributed by atoms with Crippen molar-refractivity contribution in [2.75, 3.05) is 13.2 Å². The Hall–Kier alpha value is -2.21. The topological polar surface area (TPSA) is 38.3 Å². The van der Waals surface area contributed by atoms with Crippen LogP contribution in [0.5, 0.6) is 5.75 Å². The normalized spacial score (nSPS) is 14.4. The molecular weight excluding hydrogens is 286 g/mol. The molecule has 1 fully saturated rings. The molecule has 1 aromatic carbocycles. The van der Waals surface area contributed by atoms with Crippen molar-refractivity contribution in [3.63, 3.8) is 0 Å². The summed E-state index contributed by atoms with van der Waals surface area (Å²) in [6, 6.07) is 7.89. The molecule has 3 nitrogen and oxygen atoms in total. The highest BCUT2D eigenvalue weighted by atomic mass is 16.5. The number of rotatable bonds is 6. The molecule has 0 saturated heterocycles. The molecule has 0 heterocycles. The first-order valence-electron chi connectivity index (χ1n) is 8.36. The van der Waals surface area contributed by atoms with E-state index >= 15 is 0 Å². The first kappa shape index (κ1) is 17.1. The van der Waals surface area contributed by atoms with Crippen molar-refractivity contribution in [3.05, 3.63) is 42.5 Å². The second-order valence-electron chi connectivity index (χ2n) is 5.80. The van der Waals surface area contributed by atoms with E-state index in [1.54, 1.807) is 0 Å². The lowest BCUT2D eigenvalue weighted by Crippen LogP contribution is -2.32. The molecular formula is C20H25NO2. The molecule has 0 atom stereocenters. The number of carbonyl (C=O) groups excluding carboxylic acids is 1. The molecule has 23 heavy (non-hydrogen) atoms. The average molecular weight is 311 g/mol. The molecule has 2 rings (SSSR count). The Kier molecular flexibility index (Phi) is 7.26. The Morgan fingerprint density at radius 3 is 2.83 bits per heavy atom. The molecule has 0 spiro atoms. The van der Waals surface area contributed by atoms with Gasteiger partial charge in [0.05, 0.1) is 6.54 Å². The van der Waals surface area contributed by atoms with E-state index in [-0.39, 0.29) is 11.8 Å². The van der Waals surface area contributed by atoms with Gasteiger partial charge in [0, 0.05) is 5.92 Å². The number of carbonyl (C=O) groups is 1. The monoisotopic (exact) mass is 311 g/mol. The van der Waals surface area contributed by atoms with Crippen LogP contribution in [0.2, 0.25) is 0 Å². The van der Waals surface area contributed by atoms with Crippen LogP contribution in [0.4, 0.5) is 0 Å². The Labute approximate surface area is 139 Å². The summed E-state index contributed by atoms with van der Waals surface area (Å²) >= 11 is 0. The van der Waals surface area contributed by atoms with E-state index in [1.807, 2.05) is 30.3 Å². The Balaban J connectivity index is 1.70. The Morgan fingerprint density at radius 2 is 2.04 bits per heavy atom. The molecule has 122 valence electrons. The quantitative estimate of drug-likeness (QED) is 0.645. The zero-order valence-electron chi connectivity index (χ0n) is 13.6. The fourth-order valence-electron chi connectivity index (χ4n) is 2.84.